The molecule has 4 nitrogen and oxygen atoms in total. The highest BCUT2D eigenvalue weighted by Crippen LogP contribution is 2.58. The number of aliphatic imine (C=N–C) groups is 1. The van der Waals surface area contributed by atoms with Crippen molar-refractivity contribution in [3.8, 4) is 0 Å². The van der Waals surface area contributed by atoms with Gasteiger partial charge in [0.25, 0.3) is 0 Å². The number of pyridine rings is 1. The van der Waals surface area contributed by atoms with Crippen molar-refractivity contribution in [1.29, 1.82) is 0 Å². The molecule has 4 aliphatic carbocycles. The number of benzene rings is 1. The molecule has 0 amide bonds. The molecule has 0 saturated heterocycles. The molecule has 44 heavy (non-hydrogen) atoms. The first-order valence-corrected chi connectivity index (χ1v) is 17.7. The zero-order valence-electron chi connectivity index (χ0n) is 28.4. The van der Waals surface area contributed by atoms with E-state index in [2.05, 4.69) is 61.9 Å². The van der Waals surface area contributed by atoms with Gasteiger partial charge >= 0.3 is 0 Å². The molecule has 4 aliphatic rings. The first-order valence-electron chi connectivity index (χ1n) is 17.4. The van der Waals surface area contributed by atoms with E-state index < -0.39 is 0 Å². The van der Waals surface area contributed by atoms with Crippen molar-refractivity contribution in [3.05, 3.63) is 76.2 Å². The summed E-state index contributed by atoms with van der Waals surface area (Å²) in [7, 11) is 0. The molecule has 4 fully saturated rings. The third-order valence-electron chi connectivity index (χ3n) is 10.7. The number of allylic oxidation sites excluding steroid dienone is 2. The molecule has 240 valence electrons. The number of anilines is 1. The van der Waals surface area contributed by atoms with Gasteiger partial charge in [-0.05, 0) is 130 Å². The minimum Gasteiger partial charge on any atom is -0.404 e. The Labute approximate surface area is 273 Å². The Morgan fingerprint density at radius 1 is 1.07 bits per heavy atom. The van der Waals surface area contributed by atoms with Gasteiger partial charge in [-0.2, -0.15) is 0 Å². The summed E-state index contributed by atoms with van der Waals surface area (Å²) in [5, 5.41) is 0.482. The van der Waals surface area contributed by atoms with E-state index in [-0.39, 0.29) is 11.5 Å². The molecule has 1 aromatic heterocycles. The van der Waals surface area contributed by atoms with Crippen molar-refractivity contribution in [2.45, 2.75) is 130 Å². The largest absolute Gasteiger partial charge is 0.404 e. The third-order valence-corrected chi connectivity index (χ3v) is 10.9. The van der Waals surface area contributed by atoms with Crippen LogP contribution in [0.25, 0.3) is 5.57 Å². The maximum absolute atomic E-state index is 6.71. The molecule has 0 unspecified atom stereocenters. The van der Waals surface area contributed by atoms with Gasteiger partial charge in [0, 0.05) is 36.3 Å². The van der Waals surface area contributed by atoms with E-state index in [0.29, 0.717) is 16.5 Å². The average molecular weight is 617 g/mol. The van der Waals surface area contributed by atoms with Crippen LogP contribution in [0.1, 0.15) is 128 Å². The molecular formula is C39H57ClN4. The zero-order chi connectivity index (χ0) is 31.9. The summed E-state index contributed by atoms with van der Waals surface area (Å²) in [5.74, 6) is 1.39. The van der Waals surface area contributed by atoms with Crippen LogP contribution in [0.15, 0.2) is 53.8 Å². The standard InChI is InChI=1S/C37H51ClN4.C2H6/c1-6-29-12-13-33(20-27(29)4)37-17-14-36(15-18-37,16-19-37)25-42(28(5)30-10-8-7-9-11-30)35-22-31(21-34(38)41-35)32(23-39)24-40-26(2)3;1-2/h12-13,20-24,26,30H,5-11,14-19,25,39H2,1-4H3;1-2H3/b32-23+,40-24?;. The number of nitrogens with zero attached hydrogens (tertiary/aromatic N) is 3. The van der Waals surface area contributed by atoms with Gasteiger partial charge in [0.15, 0.2) is 0 Å². The second-order valence-corrected chi connectivity index (χ2v) is 14.1. The third kappa shape index (κ3) is 7.61. The average Bonchev–Trinajstić information content (AvgIpc) is 3.05. The number of hydrogen-bond donors (Lipinski definition) is 1. The van der Waals surface area contributed by atoms with Crippen molar-refractivity contribution >= 4 is 29.2 Å². The number of rotatable bonds is 10. The maximum Gasteiger partial charge on any atom is 0.135 e. The van der Waals surface area contributed by atoms with Crippen molar-refractivity contribution in [2.75, 3.05) is 11.4 Å². The van der Waals surface area contributed by atoms with E-state index in [4.69, 9.17) is 28.9 Å². The second-order valence-electron chi connectivity index (χ2n) is 13.7. The van der Waals surface area contributed by atoms with Gasteiger partial charge in [-0.25, -0.2) is 4.98 Å². The molecule has 4 saturated carbocycles. The number of aryl methyl sites for hydroxylation is 2. The summed E-state index contributed by atoms with van der Waals surface area (Å²) in [6.45, 7) is 18.4. The molecule has 0 aliphatic heterocycles. The highest BCUT2D eigenvalue weighted by molar-refractivity contribution is 6.30. The Kier molecular flexibility index (Phi) is 11.8. The fourth-order valence-electron chi connectivity index (χ4n) is 7.91. The van der Waals surface area contributed by atoms with Gasteiger partial charge in [0.05, 0.1) is 0 Å². The van der Waals surface area contributed by atoms with Crippen LogP contribution in [0.3, 0.4) is 0 Å². The first-order chi connectivity index (χ1) is 21.2. The molecule has 0 spiro atoms. The summed E-state index contributed by atoms with van der Waals surface area (Å²) < 4.78 is 0. The summed E-state index contributed by atoms with van der Waals surface area (Å²) in [6, 6.07) is 11.6. The molecule has 0 atom stereocenters. The molecule has 5 heteroatoms. The van der Waals surface area contributed by atoms with E-state index in [1.807, 2.05) is 26.1 Å². The van der Waals surface area contributed by atoms with Crippen LogP contribution in [-0.4, -0.2) is 23.8 Å². The molecule has 2 N–H and O–H groups in total. The predicted molar refractivity (Wildman–Crippen MR) is 192 cm³/mol. The normalized spacial score (nSPS) is 24.0. The lowest BCUT2D eigenvalue weighted by atomic mass is 9.51. The molecule has 1 aromatic carbocycles. The Balaban J connectivity index is 0.00000216. The SMILES string of the molecule is C=C(C1CCCCC1)N(CC12CCC(c3ccc(CC)c(C)c3)(CC1)CC2)c1cc(/C(C=NC(C)C)=C/N)cc(Cl)n1.CC. The van der Waals surface area contributed by atoms with Crippen LogP contribution < -0.4 is 10.6 Å². The van der Waals surface area contributed by atoms with Crippen LogP contribution >= 0.6 is 11.6 Å². The lowest BCUT2D eigenvalue weighted by Gasteiger charge is -2.55. The van der Waals surface area contributed by atoms with E-state index in [1.54, 1.807) is 11.8 Å². The van der Waals surface area contributed by atoms with Crippen LogP contribution in [0.5, 0.6) is 0 Å². The predicted octanol–water partition coefficient (Wildman–Crippen LogP) is 10.6. The van der Waals surface area contributed by atoms with E-state index in [0.717, 1.165) is 29.9 Å². The quantitative estimate of drug-likeness (QED) is 0.213. The zero-order valence-corrected chi connectivity index (χ0v) is 29.1. The Morgan fingerprint density at radius 2 is 1.73 bits per heavy atom. The molecule has 2 bridgehead atoms. The molecule has 1 heterocycles. The summed E-state index contributed by atoms with van der Waals surface area (Å²) in [5.41, 5.74) is 14.2. The van der Waals surface area contributed by atoms with Gasteiger partial charge in [-0.3, -0.25) is 4.99 Å². The lowest BCUT2D eigenvalue weighted by Crippen LogP contribution is -2.49. The number of halogens is 1. The molecule has 0 radical (unpaired) electrons. The van der Waals surface area contributed by atoms with Gasteiger partial charge in [-0.15, -0.1) is 0 Å². The number of hydrogen-bond acceptors (Lipinski definition) is 4. The van der Waals surface area contributed by atoms with E-state index in [9.17, 15) is 0 Å². The number of nitrogens with two attached hydrogens (primary N) is 1. The summed E-state index contributed by atoms with van der Waals surface area (Å²) in [6.07, 6.45) is 18.4. The summed E-state index contributed by atoms with van der Waals surface area (Å²) >= 11 is 6.71. The van der Waals surface area contributed by atoms with E-state index >= 15 is 0 Å². The van der Waals surface area contributed by atoms with Crippen molar-refractivity contribution in [1.82, 2.24) is 4.98 Å². The van der Waals surface area contributed by atoms with E-state index in [1.165, 1.54) is 87.5 Å². The van der Waals surface area contributed by atoms with Crippen molar-refractivity contribution in [2.24, 2.45) is 22.1 Å². The van der Waals surface area contributed by atoms with Gasteiger partial charge in [0.2, 0.25) is 0 Å². The Morgan fingerprint density at radius 3 is 2.30 bits per heavy atom. The first kappa shape index (κ1) is 34.3. The summed E-state index contributed by atoms with van der Waals surface area (Å²) in [4.78, 5) is 12.0. The smallest absolute Gasteiger partial charge is 0.135 e. The van der Waals surface area contributed by atoms with Crippen molar-refractivity contribution in [3.63, 3.8) is 0 Å². The van der Waals surface area contributed by atoms with Crippen LogP contribution in [0.2, 0.25) is 5.15 Å². The van der Waals surface area contributed by atoms with Gasteiger partial charge < -0.3 is 10.6 Å². The second kappa shape index (κ2) is 15.1. The fraction of sp³-hybridized carbons (Fsp3) is 0.590. The lowest BCUT2D eigenvalue weighted by molar-refractivity contribution is 0.0459. The monoisotopic (exact) mass is 616 g/mol. The Bertz CT molecular complexity index is 1310. The fourth-order valence-corrected chi connectivity index (χ4v) is 8.11. The molecular weight excluding hydrogens is 560 g/mol. The van der Waals surface area contributed by atoms with Crippen LogP contribution in [0.4, 0.5) is 5.82 Å². The maximum atomic E-state index is 6.71. The molecule has 6 rings (SSSR count). The van der Waals surface area contributed by atoms with Crippen LogP contribution in [-0.2, 0) is 11.8 Å². The Hall–Kier alpha value is -2.59. The van der Waals surface area contributed by atoms with Gasteiger partial charge in [0.1, 0.15) is 11.0 Å². The number of aromatic nitrogens is 1. The minimum atomic E-state index is 0.191. The van der Waals surface area contributed by atoms with Crippen LogP contribution in [0, 0.1) is 18.3 Å². The highest BCUT2D eigenvalue weighted by Gasteiger charge is 2.50. The number of fused-ring (bicyclic) bond motifs is 3. The van der Waals surface area contributed by atoms with Crippen molar-refractivity contribution < 1.29 is 0 Å². The topological polar surface area (TPSA) is 54.5 Å². The minimum absolute atomic E-state index is 0.191. The molecule has 2 aromatic rings. The van der Waals surface area contributed by atoms with Gasteiger partial charge in [-0.1, -0.05) is 76.4 Å². The highest BCUT2D eigenvalue weighted by atomic mass is 35.5.